The van der Waals surface area contributed by atoms with Gasteiger partial charge >= 0.3 is 0 Å². The summed E-state index contributed by atoms with van der Waals surface area (Å²) in [7, 11) is 1.74. The van der Waals surface area contributed by atoms with Gasteiger partial charge in [0.2, 0.25) is 0 Å². The van der Waals surface area contributed by atoms with Crippen molar-refractivity contribution in [3.05, 3.63) is 23.8 Å². The van der Waals surface area contributed by atoms with E-state index in [4.69, 9.17) is 4.74 Å². The standard InChI is InChI=1S/C22H33NO3/c1-4-5-6-7-8-9-10-11-12-13-20(24)18-14-15-19-21(16-18)26-17(2)22(25)23(19)3/h14-17H,4-13H2,1-3H3. The fourth-order valence-electron chi connectivity index (χ4n) is 3.43. The van der Waals surface area contributed by atoms with Gasteiger partial charge in [-0.2, -0.15) is 0 Å². The molecule has 2 rings (SSSR count). The van der Waals surface area contributed by atoms with E-state index in [-0.39, 0.29) is 11.7 Å². The van der Waals surface area contributed by atoms with Gasteiger partial charge in [-0.1, -0.05) is 58.3 Å². The normalized spacial score (nSPS) is 16.3. The van der Waals surface area contributed by atoms with Crippen molar-refractivity contribution in [2.24, 2.45) is 0 Å². The highest BCUT2D eigenvalue weighted by Gasteiger charge is 2.29. The van der Waals surface area contributed by atoms with Crippen LogP contribution in [0.15, 0.2) is 18.2 Å². The number of hydrogen-bond donors (Lipinski definition) is 0. The predicted octanol–water partition coefficient (Wildman–Crippen LogP) is 5.53. The molecule has 0 aliphatic carbocycles. The van der Waals surface area contributed by atoms with Gasteiger partial charge in [0.1, 0.15) is 5.75 Å². The Hall–Kier alpha value is -1.84. The zero-order valence-corrected chi connectivity index (χ0v) is 16.6. The minimum atomic E-state index is -0.504. The van der Waals surface area contributed by atoms with Crippen LogP contribution >= 0.6 is 0 Å². The van der Waals surface area contributed by atoms with Gasteiger partial charge in [0, 0.05) is 19.0 Å². The van der Waals surface area contributed by atoms with Crippen LogP contribution in [-0.2, 0) is 4.79 Å². The zero-order chi connectivity index (χ0) is 18.9. The van der Waals surface area contributed by atoms with Crippen molar-refractivity contribution in [2.75, 3.05) is 11.9 Å². The molecule has 0 fully saturated rings. The maximum Gasteiger partial charge on any atom is 0.267 e. The second-order valence-electron chi connectivity index (χ2n) is 7.34. The molecule has 1 amide bonds. The highest BCUT2D eigenvalue weighted by atomic mass is 16.5. The van der Waals surface area contributed by atoms with Crippen molar-refractivity contribution in [1.82, 2.24) is 0 Å². The van der Waals surface area contributed by atoms with Crippen molar-refractivity contribution in [3.8, 4) is 5.75 Å². The number of unbranched alkanes of at least 4 members (excludes halogenated alkanes) is 8. The Labute approximate surface area is 157 Å². The summed E-state index contributed by atoms with van der Waals surface area (Å²) in [6.07, 6.45) is 11.3. The number of Topliss-reactive ketones (excluding diaryl/α,β-unsaturated/α-hetero) is 1. The summed E-state index contributed by atoms with van der Waals surface area (Å²) in [4.78, 5) is 26.0. The Morgan fingerprint density at radius 2 is 1.65 bits per heavy atom. The molecule has 0 aromatic heterocycles. The number of ketones is 1. The number of anilines is 1. The lowest BCUT2D eigenvalue weighted by molar-refractivity contribution is -0.125. The third-order valence-electron chi connectivity index (χ3n) is 5.13. The summed E-state index contributed by atoms with van der Waals surface area (Å²) in [6.45, 7) is 3.97. The van der Waals surface area contributed by atoms with Gasteiger partial charge in [0.15, 0.2) is 11.9 Å². The summed E-state index contributed by atoms with van der Waals surface area (Å²) < 4.78 is 5.66. The van der Waals surface area contributed by atoms with Gasteiger partial charge in [-0.3, -0.25) is 9.59 Å². The van der Waals surface area contributed by atoms with E-state index in [2.05, 4.69) is 6.92 Å². The van der Waals surface area contributed by atoms with Crippen molar-refractivity contribution in [2.45, 2.75) is 84.2 Å². The molecule has 1 aliphatic heterocycles. The summed E-state index contributed by atoms with van der Waals surface area (Å²) in [5.74, 6) is 0.718. The van der Waals surface area contributed by atoms with Gasteiger partial charge in [0.25, 0.3) is 5.91 Å². The van der Waals surface area contributed by atoms with Crippen molar-refractivity contribution in [3.63, 3.8) is 0 Å². The number of likely N-dealkylation sites (N-methyl/N-ethyl adjacent to an activating group) is 1. The molecule has 144 valence electrons. The van der Waals surface area contributed by atoms with E-state index in [0.29, 0.717) is 17.7 Å². The van der Waals surface area contributed by atoms with E-state index in [1.165, 1.54) is 44.9 Å². The van der Waals surface area contributed by atoms with Gasteiger partial charge < -0.3 is 9.64 Å². The van der Waals surface area contributed by atoms with Crippen LogP contribution in [0.5, 0.6) is 5.75 Å². The lowest BCUT2D eigenvalue weighted by Gasteiger charge is -2.30. The Kier molecular flexibility index (Phi) is 8.14. The number of rotatable bonds is 11. The first-order chi connectivity index (χ1) is 12.5. The first-order valence-corrected chi connectivity index (χ1v) is 10.2. The van der Waals surface area contributed by atoms with Gasteiger partial charge in [-0.05, 0) is 31.5 Å². The van der Waals surface area contributed by atoms with Crippen LogP contribution in [0.2, 0.25) is 0 Å². The molecule has 1 aromatic rings. The van der Waals surface area contributed by atoms with Crippen molar-refractivity contribution >= 4 is 17.4 Å². The third-order valence-corrected chi connectivity index (χ3v) is 5.13. The van der Waals surface area contributed by atoms with Crippen LogP contribution in [0.3, 0.4) is 0 Å². The fraction of sp³-hybridized carbons (Fsp3) is 0.636. The fourth-order valence-corrected chi connectivity index (χ4v) is 3.43. The van der Waals surface area contributed by atoms with Gasteiger partial charge in [-0.25, -0.2) is 0 Å². The van der Waals surface area contributed by atoms with E-state index >= 15 is 0 Å². The molecule has 0 saturated carbocycles. The van der Waals surface area contributed by atoms with Crippen molar-refractivity contribution in [1.29, 1.82) is 0 Å². The Morgan fingerprint density at radius 3 is 2.31 bits per heavy atom. The molecule has 1 heterocycles. The van der Waals surface area contributed by atoms with Crippen LogP contribution < -0.4 is 9.64 Å². The first kappa shape index (κ1) is 20.5. The highest BCUT2D eigenvalue weighted by molar-refractivity contribution is 6.01. The van der Waals surface area contributed by atoms with Crippen LogP contribution in [0.1, 0.15) is 88.4 Å². The molecule has 0 N–H and O–H groups in total. The number of hydrogen-bond acceptors (Lipinski definition) is 3. The second-order valence-corrected chi connectivity index (χ2v) is 7.34. The molecule has 0 saturated heterocycles. The molecule has 0 radical (unpaired) electrons. The van der Waals surface area contributed by atoms with Gasteiger partial charge in [-0.15, -0.1) is 0 Å². The lowest BCUT2D eigenvalue weighted by Crippen LogP contribution is -2.42. The van der Waals surface area contributed by atoms with Crippen LogP contribution in [0.4, 0.5) is 5.69 Å². The van der Waals surface area contributed by atoms with Crippen molar-refractivity contribution < 1.29 is 14.3 Å². The number of benzene rings is 1. The largest absolute Gasteiger partial charge is 0.479 e. The summed E-state index contributed by atoms with van der Waals surface area (Å²) in [5, 5.41) is 0. The smallest absolute Gasteiger partial charge is 0.267 e. The minimum absolute atomic E-state index is 0.0636. The average Bonchev–Trinajstić information content (AvgIpc) is 2.64. The molecule has 0 bridgehead atoms. The number of carbonyl (C=O) groups is 2. The number of amides is 1. The molecular weight excluding hydrogens is 326 g/mol. The quantitative estimate of drug-likeness (QED) is 0.385. The summed E-state index contributed by atoms with van der Waals surface area (Å²) in [6, 6.07) is 5.39. The highest BCUT2D eigenvalue weighted by Crippen LogP contribution is 2.34. The molecule has 4 nitrogen and oxygen atoms in total. The van der Waals surface area contributed by atoms with Crippen LogP contribution in [0, 0.1) is 0 Å². The molecule has 0 spiro atoms. The monoisotopic (exact) mass is 359 g/mol. The summed E-state index contributed by atoms with van der Waals surface area (Å²) >= 11 is 0. The lowest BCUT2D eigenvalue weighted by atomic mass is 10.0. The predicted molar refractivity (Wildman–Crippen MR) is 106 cm³/mol. The molecule has 4 heteroatoms. The maximum atomic E-state index is 12.4. The number of fused-ring (bicyclic) bond motifs is 1. The molecule has 1 aliphatic rings. The van der Waals surface area contributed by atoms with Crippen LogP contribution in [-0.4, -0.2) is 24.8 Å². The van der Waals surface area contributed by atoms with E-state index in [1.54, 1.807) is 31.0 Å². The van der Waals surface area contributed by atoms with E-state index in [0.717, 1.165) is 18.5 Å². The van der Waals surface area contributed by atoms with E-state index in [1.807, 2.05) is 6.07 Å². The molecule has 1 aromatic carbocycles. The minimum Gasteiger partial charge on any atom is -0.479 e. The molecular formula is C22H33NO3. The zero-order valence-electron chi connectivity index (χ0n) is 16.6. The Morgan fingerprint density at radius 1 is 1.04 bits per heavy atom. The molecule has 26 heavy (non-hydrogen) atoms. The number of carbonyl (C=O) groups excluding carboxylic acids is 2. The second kappa shape index (κ2) is 10.3. The van der Waals surface area contributed by atoms with E-state index in [9.17, 15) is 9.59 Å². The first-order valence-electron chi connectivity index (χ1n) is 10.2. The Balaban J connectivity index is 1.73. The maximum absolute atomic E-state index is 12.4. The molecule has 1 unspecified atom stereocenters. The Bertz CT molecular complexity index is 611. The number of ether oxygens (including phenoxy) is 1. The number of nitrogens with zero attached hydrogens (tertiary/aromatic N) is 1. The molecule has 1 atom stereocenters. The third kappa shape index (κ3) is 5.58. The average molecular weight is 360 g/mol. The van der Waals surface area contributed by atoms with Crippen LogP contribution in [0.25, 0.3) is 0 Å². The van der Waals surface area contributed by atoms with E-state index < -0.39 is 6.10 Å². The topological polar surface area (TPSA) is 46.6 Å². The summed E-state index contributed by atoms with van der Waals surface area (Å²) in [5.41, 5.74) is 1.41. The van der Waals surface area contributed by atoms with Gasteiger partial charge in [0.05, 0.1) is 5.69 Å². The SMILES string of the molecule is CCCCCCCCCCCC(=O)c1ccc2c(c1)OC(C)C(=O)N2C.